The van der Waals surface area contributed by atoms with Crippen LogP contribution in [0.15, 0.2) is 29.4 Å². The summed E-state index contributed by atoms with van der Waals surface area (Å²) >= 11 is 0. The van der Waals surface area contributed by atoms with E-state index in [1.807, 2.05) is 44.6 Å². The molecule has 0 aliphatic carbocycles. The molecule has 1 aromatic rings. The number of rotatable bonds is 7. The first-order valence-corrected chi connectivity index (χ1v) is 6.16. The second kappa shape index (κ2) is 7.71. The van der Waals surface area contributed by atoms with Gasteiger partial charge in [-0.25, -0.2) is 0 Å². The molecular formula is C14H22N2O. The molecule has 0 radical (unpaired) electrons. The van der Waals surface area contributed by atoms with E-state index in [1.54, 1.807) is 5.01 Å². The van der Waals surface area contributed by atoms with Crippen LogP contribution in [-0.4, -0.2) is 31.9 Å². The predicted molar refractivity (Wildman–Crippen MR) is 72.7 cm³/mol. The Labute approximate surface area is 104 Å². The highest BCUT2D eigenvalue weighted by atomic mass is 16.5. The fourth-order valence-electron chi connectivity index (χ4n) is 1.37. The molecule has 94 valence electrons. The summed E-state index contributed by atoms with van der Waals surface area (Å²) in [5.74, 6) is 0.933. The smallest absolute Gasteiger partial charge is 0.119 e. The van der Waals surface area contributed by atoms with Gasteiger partial charge in [0.15, 0.2) is 0 Å². The summed E-state index contributed by atoms with van der Waals surface area (Å²) in [5, 5.41) is 5.95. The molecule has 0 bridgehead atoms. The van der Waals surface area contributed by atoms with Crippen molar-refractivity contribution in [2.75, 3.05) is 20.7 Å². The van der Waals surface area contributed by atoms with Gasteiger partial charge < -0.3 is 9.75 Å². The minimum atomic E-state index is 0.805. The van der Waals surface area contributed by atoms with Gasteiger partial charge in [0.2, 0.25) is 0 Å². The number of hydrogen-bond acceptors (Lipinski definition) is 3. The molecule has 0 heterocycles. The van der Waals surface area contributed by atoms with Crippen molar-refractivity contribution in [3.8, 4) is 5.75 Å². The molecule has 0 N–H and O–H groups in total. The van der Waals surface area contributed by atoms with Gasteiger partial charge in [0, 0.05) is 14.1 Å². The van der Waals surface area contributed by atoms with Crippen LogP contribution in [0.1, 0.15) is 31.7 Å². The summed E-state index contributed by atoms with van der Waals surface area (Å²) in [7, 11) is 3.81. The van der Waals surface area contributed by atoms with Crippen LogP contribution in [0.3, 0.4) is 0 Å². The Bertz CT molecular complexity index is 331. The van der Waals surface area contributed by atoms with E-state index in [1.165, 1.54) is 12.8 Å². The van der Waals surface area contributed by atoms with E-state index in [4.69, 9.17) is 4.74 Å². The van der Waals surface area contributed by atoms with Gasteiger partial charge in [0.25, 0.3) is 0 Å². The summed E-state index contributed by atoms with van der Waals surface area (Å²) in [6, 6.07) is 8.01. The van der Waals surface area contributed by atoms with Crippen LogP contribution in [0.25, 0.3) is 0 Å². The van der Waals surface area contributed by atoms with Crippen molar-refractivity contribution < 1.29 is 4.74 Å². The van der Waals surface area contributed by atoms with Gasteiger partial charge in [-0.1, -0.05) is 19.8 Å². The minimum Gasteiger partial charge on any atom is -0.494 e. The Kier molecular flexibility index (Phi) is 6.15. The highest BCUT2D eigenvalue weighted by Crippen LogP contribution is 2.11. The first-order valence-electron chi connectivity index (χ1n) is 6.16. The van der Waals surface area contributed by atoms with E-state index in [-0.39, 0.29) is 0 Å². The number of unbranched alkanes of at least 4 members (excludes halogenated alkanes) is 2. The van der Waals surface area contributed by atoms with E-state index < -0.39 is 0 Å². The van der Waals surface area contributed by atoms with Crippen molar-refractivity contribution in [1.29, 1.82) is 0 Å². The zero-order chi connectivity index (χ0) is 12.5. The number of nitrogens with zero attached hydrogens (tertiary/aromatic N) is 2. The van der Waals surface area contributed by atoms with Gasteiger partial charge in [-0.15, -0.1) is 0 Å². The molecule has 1 rings (SSSR count). The van der Waals surface area contributed by atoms with Crippen LogP contribution in [0, 0.1) is 0 Å². The molecule has 0 amide bonds. The second-order valence-electron chi connectivity index (χ2n) is 4.22. The standard InChI is InChI=1S/C14H22N2O/c1-4-5-6-11-17-14-9-7-13(8-10-14)12-15-16(2)3/h7-10,12H,4-6,11H2,1-3H3/b15-12+. The zero-order valence-corrected chi connectivity index (χ0v) is 11.0. The van der Waals surface area contributed by atoms with E-state index in [0.717, 1.165) is 24.3 Å². The molecule has 0 aliphatic heterocycles. The van der Waals surface area contributed by atoms with Crippen LogP contribution >= 0.6 is 0 Å². The molecule has 3 heteroatoms. The summed E-state index contributed by atoms with van der Waals surface area (Å²) in [5.41, 5.74) is 1.08. The Morgan fingerprint density at radius 2 is 1.88 bits per heavy atom. The van der Waals surface area contributed by atoms with Crippen molar-refractivity contribution in [3.63, 3.8) is 0 Å². The SMILES string of the molecule is CCCCCOc1ccc(/C=N/N(C)C)cc1. The Morgan fingerprint density at radius 1 is 1.18 bits per heavy atom. The lowest BCUT2D eigenvalue weighted by Crippen LogP contribution is -2.02. The maximum absolute atomic E-state index is 5.63. The van der Waals surface area contributed by atoms with Gasteiger partial charge in [-0.3, -0.25) is 0 Å². The number of ether oxygens (including phenoxy) is 1. The van der Waals surface area contributed by atoms with Crippen molar-refractivity contribution in [2.24, 2.45) is 5.10 Å². The average molecular weight is 234 g/mol. The van der Waals surface area contributed by atoms with Crippen molar-refractivity contribution in [3.05, 3.63) is 29.8 Å². The largest absolute Gasteiger partial charge is 0.494 e. The van der Waals surface area contributed by atoms with Crippen molar-refractivity contribution in [2.45, 2.75) is 26.2 Å². The molecule has 17 heavy (non-hydrogen) atoms. The van der Waals surface area contributed by atoms with Gasteiger partial charge >= 0.3 is 0 Å². The number of hydrogen-bond donors (Lipinski definition) is 0. The highest BCUT2D eigenvalue weighted by molar-refractivity contribution is 5.79. The first-order chi connectivity index (χ1) is 8.22. The van der Waals surface area contributed by atoms with Gasteiger partial charge in [0.05, 0.1) is 12.8 Å². The molecule has 1 aromatic carbocycles. The summed E-state index contributed by atoms with van der Waals surface area (Å²) in [6.45, 7) is 3.00. The fraction of sp³-hybridized carbons (Fsp3) is 0.500. The molecule has 0 atom stereocenters. The summed E-state index contributed by atoms with van der Waals surface area (Å²) < 4.78 is 5.63. The lowest BCUT2D eigenvalue weighted by Gasteiger charge is -2.06. The van der Waals surface area contributed by atoms with Gasteiger partial charge in [-0.2, -0.15) is 5.10 Å². The van der Waals surface area contributed by atoms with Crippen LogP contribution in [0.2, 0.25) is 0 Å². The second-order valence-corrected chi connectivity index (χ2v) is 4.22. The van der Waals surface area contributed by atoms with Crippen LogP contribution in [0.5, 0.6) is 5.75 Å². The average Bonchev–Trinajstić information content (AvgIpc) is 2.33. The van der Waals surface area contributed by atoms with Crippen molar-refractivity contribution >= 4 is 6.21 Å². The molecule has 0 saturated heterocycles. The van der Waals surface area contributed by atoms with Crippen LogP contribution < -0.4 is 4.74 Å². The molecular weight excluding hydrogens is 212 g/mol. The molecule has 0 aromatic heterocycles. The highest BCUT2D eigenvalue weighted by Gasteiger charge is 1.94. The van der Waals surface area contributed by atoms with E-state index in [2.05, 4.69) is 12.0 Å². The van der Waals surface area contributed by atoms with E-state index in [0.29, 0.717) is 0 Å². The Balaban J connectivity index is 2.39. The fourth-order valence-corrected chi connectivity index (χ4v) is 1.37. The van der Waals surface area contributed by atoms with Gasteiger partial charge in [-0.05, 0) is 36.2 Å². The Morgan fingerprint density at radius 3 is 2.47 bits per heavy atom. The maximum atomic E-state index is 5.63. The maximum Gasteiger partial charge on any atom is 0.119 e. The predicted octanol–water partition coefficient (Wildman–Crippen LogP) is 3.15. The minimum absolute atomic E-state index is 0.805. The molecule has 0 spiro atoms. The molecule has 0 unspecified atom stereocenters. The lowest BCUT2D eigenvalue weighted by atomic mass is 10.2. The van der Waals surface area contributed by atoms with Crippen LogP contribution in [-0.2, 0) is 0 Å². The Hall–Kier alpha value is -1.51. The summed E-state index contributed by atoms with van der Waals surface area (Å²) in [4.78, 5) is 0. The molecule has 3 nitrogen and oxygen atoms in total. The van der Waals surface area contributed by atoms with E-state index >= 15 is 0 Å². The molecule has 0 fully saturated rings. The third-order valence-electron chi connectivity index (χ3n) is 2.33. The lowest BCUT2D eigenvalue weighted by molar-refractivity contribution is 0.306. The van der Waals surface area contributed by atoms with Gasteiger partial charge in [0.1, 0.15) is 5.75 Å². The zero-order valence-electron chi connectivity index (χ0n) is 11.0. The third kappa shape index (κ3) is 5.95. The first kappa shape index (κ1) is 13.6. The summed E-state index contributed by atoms with van der Waals surface area (Å²) in [6.07, 6.45) is 5.41. The normalized spacial score (nSPS) is 10.8. The quantitative estimate of drug-likeness (QED) is 0.411. The van der Waals surface area contributed by atoms with Crippen LogP contribution in [0.4, 0.5) is 0 Å². The number of benzene rings is 1. The monoisotopic (exact) mass is 234 g/mol. The topological polar surface area (TPSA) is 24.8 Å². The molecule has 0 saturated carbocycles. The molecule has 0 aliphatic rings. The third-order valence-corrected chi connectivity index (χ3v) is 2.33. The number of hydrazone groups is 1. The van der Waals surface area contributed by atoms with Crippen molar-refractivity contribution in [1.82, 2.24) is 5.01 Å². The van der Waals surface area contributed by atoms with E-state index in [9.17, 15) is 0 Å².